The second kappa shape index (κ2) is 8.25. The average molecular weight is 276 g/mol. The van der Waals surface area contributed by atoms with Crippen LogP contribution in [0.3, 0.4) is 0 Å². The van der Waals surface area contributed by atoms with E-state index in [1.807, 2.05) is 19.1 Å². The summed E-state index contributed by atoms with van der Waals surface area (Å²) in [6.45, 7) is 7.45. The Kier molecular flexibility index (Phi) is 6.64. The van der Waals surface area contributed by atoms with E-state index >= 15 is 0 Å². The predicted molar refractivity (Wildman–Crippen MR) is 83.5 cm³/mol. The molecule has 4 nitrogen and oxygen atoms in total. The van der Waals surface area contributed by atoms with Crippen LogP contribution in [0.15, 0.2) is 24.3 Å². The van der Waals surface area contributed by atoms with Crippen LogP contribution in [0.5, 0.6) is 5.75 Å². The zero-order valence-corrected chi connectivity index (χ0v) is 12.5. The van der Waals surface area contributed by atoms with Gasteiger partial charge in [-0.3, -0.25) is 4.79 Å². The van der Waals surface area contributed by atoms with Gasteiger partial charge in [-0.1, -0.05) is 19.9 Å². The van der Waals surface area contributed by atoms with E-state index < -0.39 is 0 Å². The smallest absolute Gasteiger partial charge is 0.243 e. The largest absolute Gasteiger partial charge is 0.492 e. The number of carbonyl (C=O) groups is 1. The lowest BCUT2D eigenvalue weighted by Crippen LogP contribution is -2.23. The van der Waals surface area contributed by atoms with Crippen molar-refractivity contribution in [2.45, 2.75) is 27.2 Å². The summed E-state index contributed by atoms with van der Waals surface area (Å²) in [5.41, 5.74) is 7.33. The highest BCUT2D eigenvalue weighted by atomic mass is 16.5. The minimum atomic E-state index is -0.0851. The second-order valence-corrected chi connectivity index (χ2v) is 5.04. The molecule has 0 saturated heterocycles. The molecule has 0 aliphatic heterocycles. The van der Waals surface area contributed by atoms with Gasteiger partial charge in [-0.05, 0) is 43.0 Å². The van der Waals surface area contributed by atoms with E-state index in [-0.39, 0.29) is 5.91 Å². The van der Waals surface area contributed by atoms with Gasteiger partial charge in [0.05, 0.1) is 12.3 Å². The zero-order chi connectivity index (χ0) is 15.0. The zero-order valence-electron chi connectivity index (χ0n) is 12.5. The van der Waals surface area contributed by atoms with Crippen molar-refractivity contribution in [2.24, 2.45) is 5.92 Å². The fraction of sp³-hybridized carbons (Fsp3) is 0.438. The van der Waals surface area contributed by atoms with E-state index in [0.717, 1.165) is 12.0 Å². The number of hydrogen-bond donors (Lipinski definition) is 2. The molecule has 0 atom stereocenters. The first-order valence-corrected chi connectivity index (χ1v) is 7.01. The Morgan fingerprint density at radius 3 is 2.80 bits per heavy atom. The van der Waals surface area contributed by atoms with Crippen molar-refractivity contribution in [3.63, 3.8) is 0 Å². The molecular formula is C16H24N2O2. The molecule has 0 aliphatic rings. The van der Waals surface area contributed by atoms with E-state index in [0.29, 0.717) is 30.5 Å². The lowest BCUT2D eigenvalue weighted by molar-refractivity contribution is -0.116. The first-order valence-electron chi connectivity index (χ1n) is 7.01. The number of amides is 1. The molecule has 0 bridgehead atoms. The van der Waals surface area contributed by atoms with Crippen LogP contribution in [0.1, 0.15) is 32.8 Å². The van der Waals surface area contributed by atoms with Gasteiger partial charge >= 0.3 is 0 Å². The molecule has 110 valence electrons. The van der Waals surface area contributed by atoms with Gasteiger partial charge in [0, 0.05) is 12.6 Å². The number of ether oxygens (including phenoxy) is 1. The standard InChI is InChI=1S/C16H24N2O2/c1-4-20-15-7-5-13(11-14(15)17)6-8-16(19)18-10-9-12(2)3/h5-8,11-12H,4,9-10,17H2,1-3H3,(H,18,19)/b8-6-. The molecule has 1 aromatic carbocycles. The van der Waals surface area contributed by atoms with Crippen molar-refractivity contribution in [2.75, 3.05) is 18.9 Å². The molecule has 0 unspecified atom stereocenters. The number of carbonyl (C=O) groups excluding carboxylic acids is 1. The molecule has 0 aliphatic carbocycles. The molecule has 0 heterocycles. The third kappa shape index (κ3) is 5.78. The molecule has 1 amide bonds. The quantitative estimate of drug-likeness (QED) is 0.594. The molecule has 0 spiro atoms. The maximum atomic E-state index is 11.6. The topological polar surface area (TPSA) is 64.3 Å². The molecule has 3 N–H and O–H groups in total. The lowest BCUT2D eigenvalue weighted by atomic mass is 10.1. The summed E-state index contributed by atoms with van der Waals surface area (Å²) in [5.74, 6) is 1.18. The van der Waals surface area contributed by atoms with Crippen LogP contribution >= 0.6 is 0 Å². The van der Waals surface area contributed by atoms with Crippen molar-refractivity contribution in [1.29, 1.82) is 0 Å². The Morgan fingerprint density at radius 1 is 1.45 bits per heavy atom. The van der Waals surface area contributed by atoms with Gasteiger partial charge in [0.1, 0.15) is 5.75 Å². The van der Waals surface area contributed by atoms with E-state index in [2.05, 4.69) is 19.2 Å². The van der Waals surface area contributed by atoms with Gasteiger partial charge in [0.25, 0.3) is 0 Å². The van der Waals surface area contributed by atoms with Gasteiger partial charge in [-0.25, -0.2) is 0 Å². The van der Waals surface area contributed by atoms with Crippen LogP contribution in [-0.4, -0.2) is 19.1 Å². The number of anilines is 1. The van der Waals surface area contributed by atoms with Crippen molar-refractivity contribution in [3.05, 3.63) is 29.8 Å². The van der Waals surface area contributed by atoms with Crippen molar-refractivity contribution < 1.29 is 9.53 Å². The third-order valence-corrected chi connectivity index (χ3v) is 2.78. The normalized spacial score (nSPS) is 11.0. The molecular weight excluding hydrogens is 252 g/mol. The molecule has 0 aromatic heterocycles. The van der Waals surface area contributed by atoms with E-state index in [4.69, 9.17) is 10.5 Å². The second-order valence-electron chi connectivity index (χ2n) is 5.04. The predicted octanol–water partition coefficient (Wildman–Crippen LogP) is 2.84. The van der Waals surface area contributed by atoms with Gasteiger partial charge in [0.2, 0.25) is 5.91 Å². The number of nitrogen functional groups attached to an aromatic ring is 1. The molecule has 0 saturated carbocycles. The maximum Gasteiger partial charge on any atom is 0.243 e. The van der Waals surface area contributed by atoms with Gasteiger partial charge in [-0.2, -0.15) is 0 Å². The van der Waals surface area contributed by atoms with Crippen LogP contribution in [0.2, 0.25) is 0 Å². The Hall–Kier alpha value is -1.97. The van der Waals surface area contributed by atoms with Crippen molar-refractivity contribution in [1.82, 2.24) is 5.32 Å². The first-order chi connectivity index (χ1) is 9.52. The highest BCUT2D eigenvalue weighted by Crippen LogP contribution is 2.22. The summed E-state index contributed by atoms with van der Waals surface area (Å²) < 4.78 is 5.36. The summed E-state index contributed by atoms with van der Waals surface area (Å²) in [5, 5.41) is 2.85. The average Bonchev–Trinajstić information content (AvgIpc) is 2.39. The van der Waals surface area contributed by atoms with Crippen molar-refractivity contribution >= 4 is 17.7 Å². The maximum absolute atomic E-state index is 11.6. The minimum absolute atomic E-state index is 0.0851. The highest BCUT2D eigenvalue weighted by Gasteiger charge is 2.01. The fourth-order valence-electron chi connectivity index (χ4n) is 1.67. The van der Waals surface area contributed by atoms with E-state index in [9.17, 15) is 4.79 Å². The Labute approximate surface area is 121 Å². The van der Waals surface area contributed by atoms with Crippen LogP contribution < -0.4 is 15.8 Å². The number of nitrogens with two attached hydrogens (primary N) is 1. The van der Waals surface area contributed by atoms with Crippen molar-refractivity contribution in [3.8, 4) is 5.75 Å². The third-order valence-electron chi connectivity index (χ3n) is 2.78. The molecule has 0 fully saturated rings. The van der Waals surface area contributed by atoms with Gasteiger partial charge in [-0.15, -0.1) is 0 Å². The lowest BCUT2D eigenvalue weighted by Gasteiger charge is -2.07. The highest BCUT2D eigenvalue weighted by molar-refractivity contribution is 5.91. The van der Waals surface area contributed by atoms with Crippen LogP contribution in [0.25, 0.3) is 6.08 Å². The summed E-state index contributed by atoms with van der Waals surface area (Å²) in [4.78, 5) is 11.6. The number of nitrogens with one attached hydrogen (secondary N) is 1. The first kappa shape index (κ1) is 16.1. The molecule has 20 heavy (non-hydrogen) atoms. The summed E-state index contributed by atoms with van der Waals surface area (Å²) >= 11 is 0. The minimum Gasteiger partial charge on any atom is -0.492 e. The summed E-state index contributed by atoms with van der Waals surface area (Å²) in [6, 6.07) is 5.48. The number of rotatable bonds is 7. The Morgan fingerprint density at radius 2 is 2.20 bits per heavy atom. The Balaban J connectivity index is 2.53. The molecule has 0 radical (unpaired) electrons. The van der Waals surface area contributed by atoms with E-state index in [1.54, 1.807) is 12.1 Å². The fourth-order valence-corrected chi connectivity index (χ4v) is 1.67. The summed E-state index contributed by atoms with van der Waals surface area (Å²) in [7, 11) is 0. The number of hydrogen-bond acceptors (Lipinski definition) is 3. The molecule has 4 heteroatoms. The Bertz CT molecular complexity index is 468. The number of benzene rings is 1. The van der Waals surface area contributed by atoms with Crippen LogP contribution in [0, 0.1) is 5.92 Å². The van der Waals surface area contributed by atoms with Gasteiger partial charge < -0.3 is 15.8 Å². The van der Waals surface area contributed by atoms with E-state index in [1.165, 1.54) is 6.08 Å². The SMILES string of the molecule is CCOc1ccc(/C=C\C(=O)NCCC(C)C)cc1N. The van der Waals surface area contributed by atoms with Crippen LogP contribution in [-0.2, 0) is 4.79 Å². The van der Waals surface area contributed by atoms with Crippen LogP contribution in [0.4, 0.5) is 5.69 Å². The molecule has 1 rings (SSSR count). The monoisotopic (exact) mass is 276 g/mol. The molecule has 1 aromatic rings. The summed E-state index contributed by atoms with van der Waals surface area (Å²) in [6.07, 6.45) is 4.25. The van der Waals surface area contributed by atoms with Gasteiger partial charge in [0.15, 0.2) is 0 Å².